The van der Waals surface area contributed by atoms with E-state index in [1.807, 2.05) is 25.2 Å². The number of rotatable bonds is 3. The van der Waals surface area contributed by atoms with Crippen LogP contribution in [0.1, 0.15) is 76.2 Å². The van der Waals surface area contributed by atoms with E-state index in [1.54, 1.807) is 12.4 Å². The summed E-state index contributed by atoms with van der Waals surface area (Å²) in [5.74, 6) is 1.43. The molecule has 3 heterocycles. The van der Waals surface area contributed by atoms with Crippen LogP contribution < -0.4 is 4.74 Å². The minimum atomic E-state index is -0.810. The molecule has 1 saturated heterocycles. The maximum Gasteiger partial charge on any atom is 0.225 e. The Morgan fingerprint density at radius 3 is 2.48 bits per heavy atom. The van der Waals surface area contributed by atoms with Crippen LogP contribution in [-0.4, -0.2) is 64.5 Å². The Bertz CT molecular complexity index is 912. The van der Waals surface area contributed by atoms with E-state index in [4.69, 9.17) is 19.8 Å². The van der Waals surface area contributed by atoms with Crippen LogP contribution in [0.4, 0.5) is 0 Å². The molecule has 1 saturated carbocycles. The Morgan fingerprint density at radius 1 is 1.18 bits per heavy atom. The fourth-order valence-corrected chi connectivity index (χ4v) is 6.16. The third-order valence-corrected chi connectivity index (χ3v) is 7.71. The first-order valence-corrected chi connectivity index (χ1v) is 13.2. The largest absolute Gasteiger partial charge is 0.474 e. The van der Waals surface area contributed by atoms with Gasteiger partial charge in [-0.15, -0.1) is 11.3 Å². The number of fused-ring (bicyclic) bond motifs is 3. The van der Waals surface area contributed by atoms with Crippen LogP contribution in [-0.2, 0) is 11.2 Å². The molecule has 3 aliphatic rings. The SMILES string of the molecule is CC.CC(O)C#N.C[C@H]1CCc2sc3ncnc(OC4CCC(N5CCOCC5)CC4)c3c21. The molecule has 1 aliphatic heterocycles. The minimum Gasteiger partial charge on any atom is -0.474 e. The minimum absolute atomic E-state index is 0.289. The molecule has 2 aromatic heterocycles. The van der Waals surface area contributed by atoms with Crippen molar-refractivity contribution in [3.05, 3.63) is 16.8 Å². The highest BCUT2D eigenvalue weighted by Crippen LogP contribution is 2.46. The van der Waals surface area contributed by atoms with Crippen molar-refractivity contribution < 1.29 is 14.6 Å². The smallest absolute Gasteiger partial charge is 0.225 e. The first-order valence-electron chi connectivity index (χ1n) is 12.4. The van der Waals surface area contributed by atoms with Crippen molar-refractivity contribution in [2.24, 2.45) is 0 Å². The van der Waals surface area contributed by atoms with Crippen LogP contribution >= 0.6 is 11.3 Å². The monoisotopic (exact) mass is 474 g/mol. The average Bonchev–Trinajstić information content (AvgIpc) is 3.41. The quantitative estimate of drug-likeness (QED) is 0.646. The average molecular weight is 475 g/mol. The summed E-state index contributed by atoms with van der Waals surface area (Å²) < 4.78 is 11.9. The topological polar surface area (TPSA) is 91.5 Å². The number of nitriles is 1. The van der Waals surface area contributed by atoms with Crippen LogP contribution in [0.15, 0.2) is 6.33 Å². The Balaban J connectivity index is 0.000000390. The summed E-state index contributed by atoms with van der Waals surface area (Å²) in [5, 5.41) is 16.8. The van der Waals surface area contributed by atoms with Crippen LogP contribution in [0, 0.1) is 11.3 Å². The highest BCUT2D eigenvalue weighted by atomic mass is 32.1. The van der Waals surface area contributed by atoms with E-state index in [1.165, 1.54) is 48.4 Å². The molecule has 0 spiro atoms. The lowest BCUT2D eigenvalue weighted by Gasteiger charge is -2.38. The zero-order chi connectivity index (χ0) is 23.8. The third kappa shape index (κ3) is 6.42. The van der Waals surface area contributed by atoms with Crippen LogP contribution in [0.25, 0.3) is 10.2 Å². The second-order valence-corrected chi connectivity index (χ2v) is 9.82. The second-order valence-electron chi connectivity index (χ2n) is 8.74. The van der Waals surface area contributed by atoms with Crippen molar-refractivity contribution >= 4 is 21.6 Å². The van der Waals surface area contributed by atoms with Gasteiger partial charge in [0.1, 0.15) is 23.4 Å². The summed E-state index contributed by atoms with van der Waals surface area (Å²) >= 11 is 1.84. The van der Waals surface area contributed by atoms with E-state index in [9.17, 15) is 0 Å². The standard InChI is InChI=1S/C20H27N3O2S.C3H5NO.C2H6/c1-13-2-7-16-17(13)18-19(21-12-22-20(18)26-16)25-15-5-3-14(4-6-15)23-8-10-24-11-9-23;1-3(5)2-4;1-2/h12-15H,2-11H2,1H3;3,5H,1H3;1-2H3/t13-,14?,15?;;/m0../s1. The van der Waals surface area contributed by atoms with Gasteiger partial charge in [-0.1, -0.05) is 20.8 Å². The zero-order valence-electron chi connectivity index (χ0n) is 20.4. The Hall–Kier alpha value is -1.79. The molecular formula is C25H38N4O3S. The second kappa shape index (κ2) is 12.6. The van der Waals surface area contributed by atoms with Crippen LogP contribution in [0.2, 0.25) is 0 Å². The number of aromatic nitrogens is 2. The van der Waals surface area contributed by atoms with Crippen molar-refractivity contribution in [1.82, 2.24) is 14.9 Å². The fraction of sp³-hybridized carbons (Fsp3) is 0.720. The van der Waals surface area contributed by atoms with Crippen molar-refractivity contribution in [1.29, 1.82) is 5.26 Å². The number of hydrogen-bond donors (Lipinski definition) is 1. The summed E-state index contributed by atoms with van der Waals surface area (Å²) in [6, 6.07) is 2.29. The van der Waals surface area contributed by atoms with Gasteiger partial charge >= 0.3 is 0 Å². The predicted octanol–water partition coefficient (Wildman–Crippen LogP) is 4.68. The van der Waals surface area contributed by atoms with Gasteiger partial charge in [0.05, 0.1) is 24.7 Å². The molecule has 1 N–H and O–H groups in total. The summed E-state index contributed by atoms with van der Waals surface area (Å²) in [5.41, 5.74) is 1.46. The first kappa shape index (κ1) is 25.8. The number of aliphatic hydroxyl groups excluding tert-OH is 1. The molecule has 33 heavy (non-hydrogen) atoms. The summed E-state index contributed by atoms with van der Waals surface area (Å²) in [7, 11) is 0. The van der Waals surface area contributed by atoms with Crippen molar-refractivity contribution in [3.8, 4) is 11.9 Å². The molecule has 0 radical (unpaired) electrons. The van der Waals surface area contributed by atoms with E-state index in [0.717, 1.165) is 49.9 Å². The van der Waals surface area contributed by atoms with Gasteiger partial charge in [-0.3, -0.25) is 4.90 Å². The molecule has 0 aromatic carbocycles. The predicted molar refractivity (Wildman–Crippen MR) is 132 cm³/mol. The number of hydrogen-bond acceptors (Lipinski definition) is 8. The van der Waals surface area contributed by atoms with E-state index in [0.29, 0.717) is 12.0 Å². The molecule has 182 valence electrons. The van der Waals surface area contributed by atoms with Gasteiger partial charge < -0.3 is 14.6 Å². The van der Waals surface area contributed by atoms with Crippen LogP contribution in [0.5, 0.6) is 5.88 Å². The first-order chi connectivity index (χ1) is 16.1. The lowest BCUT2D eigenvalue weighted by atomic mass is 9.91. The van der Waals surface area contributed by atoms with Gasteiger partial charge in [-0.05, 0) is 56.9 Å². The highest BCUT2D eigenvalue weighted by Gasteiger charge is 2.30. The van der Waals surface area contributed by atoms with Gasteiger partial charge in [0.2, 0.25) is 5.88 Å². The normalized spacial score (nSPS) is 25.6. The van der Waals surface area contributed by atoms with E-state index < -0.39 is 6.10 Å². The Labute approximate surface area is 201 Å². The molecule has 2 fully saturated rings. The summed E-state index contributed by atoms with van der Waals surface area (Å²) in [6.07, 6.45) is 8.26. The number of ether oxygens (including phenoxy) is 2. The summed E-state index contributed by atoms with van der Waals surface area (Å²) in [4.78, 5) is 14.3. The summed E-state index contributed by atoms with van der Waals surface area (Å²) in [6.45, 7) is 11.7. The van der Waals surface area contributed by atoms with Crippen molar-refractivity contribution in [2.45, 2.75) is 90.4 Å². The van der Waals surface area contributed by atoms with E-state index in [2.05, 4.69) is 21.8 Å². The van der Waals surface area contributed by atoms with Crippen molar-refractivity contribution in [2.75, 3.05) is 26.3 Å². The number of thiophene rings is 1. The van der Waals surface area contributed by atoms with Crippen LogP contribution in [0.3, 0.4) is 0 Å². The molecule has 5 rings (SSSR count). The Kier molecular flexibility index (Phi) is 9.87. The number of aryl methyl sites for hydroxylation is 1. The Morgan fingerprint density at radius 2 is 1.85 bits per heavy atom. The molecule has 0 bridgehead atoms. The molecular weight excluding hydrogens is 436 g/mol. The molecule has 1 unspecified atom stereocenters. The van der Waals surface area contributed by atoms with Gasteiger partial charge in [-0.2, -0.15) is 5.26 Å². The van der Waals surface area contributed by atoms with Crippen molar-refractivity contribution in [3.63, 3.8) is 0 Å². The lowest BCUT2D eigenvalue weighted by Crippen LogP contribution is -2.46. The number of aliphatic hydroxyl groups is 1. The highest BCUT2D eigenvalue weighted by molar-refractivity contribution is 7.19. The van der Waals surface area contributed by atoms with E-state index >= 15 is 0 Å². The lowest BCUT2D eigenvalue weighted by molar-refractivity contribution is -0.00126. The van der Waals surface area contributed by atoms with Gasteiger partial charge in [0, 0.05) is 24.0 Å². The molecule has 8 heteroatoms. The van der Waals surface area contributed by atoms with Gasteiger partial charge in [0.15, 0.2) is 0 Å². The molecule has 2 aliphatic carbocycles. The van der Waals surface area contributed by atoms with E-state index in [-0.39, 0.29) is 6.10 Å². The molecule has 2 atom stereocenters. The third-order valence-electron chi connectivity index (χ3n) is 6.54. The maximum atomic E-state index is 8.00. The van der Waals surface area contributed by atoms with Gasteiger partial charge in [0.25, 0.3) is 0 Å². The van der Waals surface area contributed by atoms with Gasteiger partial charge in [-0.25, -0.2) is 9.97 Å². The molecule has 7 nitrogen and oxygen atoms in total. The number of nitrogens with zero attached hydrogens (tertiary/aromatic N) is 4. The molecule has 2 aromatic rings. The number of morpholine rings is 1. The molecule has 0 amide bonds. The fourth-order valence-electron chi connectivity index (χ4n) is 4.89. The zero-order valence-corrected chi connectivity index (χ0v) is 21.2. The maximum absolute atomic E-state index is 8.00.